The van der Waals surface area contributed by atoms with Gasteiger partial charge in [-0.15, -0.1) is 0 Å². The minimum atomic E-state index is -0.234. The number of anilines is 3. The Hall–Kier alpha value is -4.06. The van der Waals surface area contributed by atoms with Crippen LogP contribution >= 0.6 is 0 Å². The summed E-state index contributed by atoms with van der Waals surface area (Å²) in [6, 6.07) is 23.0. The third-order valence-electron chi connectivity index (χ3n) is 4.59. The topological polar surface area (TPSA) is 96.2 Å². The second-order valence-electron chi connectivity index (χ2n) is 7.12. The zero-order valence-corrected chi connectivity index (χ0v) is 17.4. The summed E-state index contributed by atoms with van der Waals surface area (Å²) in [5.41, 5.74) is 11.0. The molecule has 5 N–H and O–H groups in total. The van der Waals surface area contributed by atoms with Gasteiger partial charge in [-0.05, 0) is 47.0 Å². The summed E-state index contributed by atoms with van der Waals surface area (Å²) in [5, 5.41) is 8.95. The van der Waals surface area contributed by atoms with Crippen molar-refractivity contribution >= 4 is 35.0 Å². The first-order valence-corrected chi connectivity index (χ1v) is 9.99. The number of benzene rings is 3. The lowest BCUT2D eigenvalue weighted by Gasteiger charge is -2.09. The molecule has 0 heterocycles. The van der Waals surface area contributed by atoms with Gasteiger partial charge in [-0.25, -0.2) is 0 Å². The van der Waals surface area contributed by atoms with Crippen molar-refractivity contribution in [3.63, 3.8) is 0 Å². The van der Waals surface area contributed by atoms with E-state index in [1.54, 1.807) is 18.2 Å². The van der Waals surface area contributed by atoms with Gasteiger partial charge in [0.15, 0.2) is 0 Å². The summed E-state index contributed by atoms with van der Waals surface area (Å²) in [7, 11) is 0. The van der Waals surface area contributed by atoms with Crippen LogP contribution in [0, 0.1) is 0 Å². The molecule has 0 aliphatic heterocycles. The Kier molecular flexibility index (Phi) is 7.43. The average molecular weight is 415 g/mol. The maximum atomic E-state index is 12.1. The number of carbonyl (C=O) groups excluding carboxylic acids is 2. The molecule has 3 rings (SSSR count). The summed E-state index contributed by atoms with van der Waals surface area (Å²) < 4.78 is 0. The molecule has 3 aromatic rings. The second-order valence-corrected chi connectivity index (χ2v) is 7.12. The number of rotatable bonds is 8. The summed E-state index contributed by atoms with van der Waals surface area (Å²) in [5.74, 6) is -0.281. The summed E-state index contributed by atoms with van der Waals surface area (Å²) in [6.45, 7) is 2.68. The zero-order chi connectivity index (χ0) is 22.1. The molecule has 6 nitrogen and oxygen atoms in total. The number of nitrogen functional groups attached to an aromatic ring is 1. The zero-order valence-electron chi connectivity index (χ0n) is 17.4. The van der Waals surface area contributed by atoms with E-state index in [1.807, 2.05) is 60.7 Å². The molecule has 0 bridgehead atoms. The lowest BCUT2D eigenvalue weighted by molar-refractivity contribution is -0.119. The molecule has 0 saturated heterocycles. The first-order valence-electron chi connectivity index (χ1n) is 9.99. The summed E-state index contributed by atoms with van der Waals surface area (Å²) in [4.78, 5) is 23.2. The molecule has 0 aliphatic rings. The summed E-state index contributed by atoms with van der Waals surface area (Å²) >= 11 is 0. The molecule has 31 heavy (non-hydrogen) atoms. The molecular formula is C25H26N4O2. The highest BCUT2D eigenvalue weighted by molar-refractivity contribution is 6.03. The Labute approximate surface area is 182 Å². The monoisotopic (exact) mass is 414 g/mol. The van der Waals surface area contributed by atoms with Crippen LogP contribution in [0.4, 0.5) is 17.1 Å². The number of para-hydroxylation sites is 2. The molecule has 0 aliphatic carbocycles. The van der Waals surface area contributed by atoms with Gasteiger partial charge in [-0.1, -0.05) is 48.5 Å². The smallest absolute Gasteiger partial charge is 0.248 e. The molecule has 158 valence electrons. The van der Waals surface area contributed by atoms with Crippen molar-refractivity contribution in [1.29, 1.82) is 0 Å². The number of hydrogen-bond acceptors (Lipinski definition) is 4. The van der Waals surface area contributed by atoms with Gasteiger partial charge in [0.1, 0.15) is 0 Å². The highest BCUT2D eigenvalue weighted by atomic mass is 16.2. The normalized spacial score (nSPS) is 10.6. The molecule has 0 saturated carbocycles. The van der Waals surface area contributed by atoms with E-state index in [2.05, 4.69) is 16.0 Å². The van der Waals surface area contributed by atoms with Gasteiger partial charge in [0.05, 0.1) is 11.4 Å². The Morgan fingerprint density at radius 3 is 2.42 bits per heavy atom. The predicted molar refractivity (Wildman–Crippen MR) is 126 cm³/mol. The largest absolute Gasteiger partial charge is 0.397 e. The molecule has 0 unspecified atom stereocenters. The fourth-order valence-electron chi connectivity index (χ4n) is 2.93. The average Bonchev–Trinajstić information content (AvgIpc) is 2.77. The second kappa shape index (κ2) is 10.6. The van der Waals surface area contributed by atoms with E-state index in [9.17, 15) is 9.59 Å². The van der Waals surface area contributed by atoms with E-state index in [1.165, 1.54) is 13.0 Å². The van der Waals surface area contributed by atoms with Crippen LogP contribution in [-0.2, 0) is 22.7 Å². The molecule has 0 aromatic heterocycles. The maximum Gasteiger partial charge on any atom is 0.248 e. The van der Waals surface area contributed by atoms with Crippen LogP contribution in [0.2, 0.25) is 0 Å². The fourth-order valence-corrected chi connectivity index (χ4v) is 2.93. The van der Waals surface area contributed by atoms with Crippen molar-refractivity contribution in [2.45, 2.75) is 20.0 Å². The number of nitrogens with two attached hydrogens (primary N) is 1. The minimum absolute atomic E-state index is 0.0471. The van der Waals surface area contributed by atoms with E-state index >= 15 is 0 Å². The van der Waals surface area contributed by atoms with Gasteiger partial charge < -0.3 is 21.7 Å². The molecule has 0 spiro atoms. The molecule has 2 amide bonds. The van der Waals surface area contributed by atoms with Crippen LogP contribution < -0.4 is 21.7 Å². The minimum Gasteiger partial charge on any atom is -0.397 e. The van der Waals surface area contributed by atoms with Crippen LogP contribution in [0.25, 0.3) is 6.08 Å². The maximum absolute atomic E-state index is 12.1. The lowest BCUT2D eigenvalue weighted by Crippen LogP contribution is -2.18. The molecule has 0 radical (unpaired) electrons. The highest BCUT2D eigenvalue weighted by Gasteiger charge is 2.01. The van der Waals surface area contributed by atoms with Crippen molar-refractivity contribution in [2.75, 3.05) is 16.4 Å². The number of amides is 2. The van der Waals surface area contributed by atoms with Crippen LogP contribution in [0.5, 0.6) is 0 Å². The van der Waals surface area contributed by atoms with Crippen molar-refractivity contribution in [1.82, 2.24) is 5.32 Å². The molecule has 0 atom stereocenters. The van der Waals surface area contributed by atoms with Crippen molar-refractivity contribution in [3.8, 4) is 0 Å². The third-order valence-corrected chi connectivity index (χ3v) is 4.59. The summed E-state index contributed by atoms with van der Waals surface area (Å²) in [6.07, 6.45) is 3.25. The molecule has 6 heteroatoms. The Morgan fingerprint density at radius 1 is 0.903 bits per heavy atom. The Balaban J connectivity index is 1.51. The van der Waals surface area contributed by atoms with E-state index in [0.717, 1.165) is 22.4 Å². The highest BCUT2D eigenvalue weighted by Crippen LogP contribution is 2.17. The van der Waals surface area contributed by atoms with Gasteiger partial charge >= 0.3 is 0 Å². The Morgan fingerprint density at radius 2 is 1.68 bits per heavy atom. The van der Waals surface area contributed by atoms with Crippen LogP contribution in [-0.4, -0.2) is 11.8 Å². The Bertz CT molecular complexity index is 1070. The standard InChI is InChI=1S/C25H26N4O2/c1-18(30)27-17-21-5-4-6-22(15-21)28-16-20-11-9-19(10-12-20)13-14-25(31)29-24-8-3-2-7-23(24)26/h2-15,28H,16-17,26H2,1H3,(H,27,30)(H,29,31)/b14-13+. The van der Waals surface area contributed by atoms with Gasteiger partial charge in [-0.2, -0.15) is 0 Å². The van der Waals surface area contributed by atoms with E-state index in [4.69, 9.17) is 5.73 Å². The number of nitrogens with one attached hydrogen (secondary N) is 3. The van der Waals surface area contributed by atoms with Crippen molar-refractivity contribution < 1.29 is 9.59 Å². The molecule has 3 aromatic carbocycles. The van der Waals surface area contributed by atoms with Crippen LogP contribution in [0.15, 0.2) is 78.9 Å². The quantitative estimate of drug-likeness (QED) is 0.329. The molecule has 0 fully saturated rings. The third kappa shape index (κ3) is 7.04. The van der Waals surface area contributed by atoms with Crippen LogP contribution in [0.3, 0.4) is 0 Å². The fraction of sp³-hybridized carbons (Fsp3) is 0.120. The van der Waals surface area contributed by atoms with Gasteiger partial charge in [0.2, 0.25) is 11.8 Å². The predicted octanol–water partition coefficient (Wildman–Crippen LogP) is 4.17. The lowest BCUT2D eigenvalue weighted by atomic mass is 10.1. The van der Waals surface area contributed by atoms with Gasteiger partial charge in [0.25, 0.3) is 0 Å². The van der Waals surface area contributed by atoms with Crippen molar-refractivity contribution in [3.05, 3.63) is 95.6 Å². The number of carbonyl (C=O) groups is 2. The first kappa shape index (κ1) is 21.6. The molecular weight excluding hydrogens is 388 g/mol. The SMILES string of the molecule is CC(=O)NCc1cccc(NCc2ccc(/C=C/C(=O)Nc3ccccc3N)cc2)c1. The van der Waals surface area contributed by atoms with E-state index in [0.29, 0.717) is 24.5 Å². The van der Waals surface area contributed by atoms with Crippen molar-refractivity contribution in [2.24, 2.45) is 0 Å². The van der Waals surface area contributed by atoms with Gasteiger partial charge in [-0.3, -0.25) is 9.59 Å². The first-order chi connectivity index (χ1) is 15.0. The number of hydrogen-bond donors (Lipinski definition) is 4. The van der Waals surface area contributed by atoms with E-state index < -0.39 is 0 Å². The van der Waals surface area contributed by atoms with Crippen LogP contribution in [0.1, 0.15) is 23.6 Å². The van der Waals surface area contributed by atoms with Gasteiger partial charge in [0, 0.05) is 31.8 Å². The van der Waals surface area contributed by atoms with E-state index in [-0.39, 0.29) is 11.8 Å².